The molecule has 2 atom stereocenters. The fraction of sp³-hybridized carbons (Fsp3) is 0.429. The fourth-order valence-electron chi connectivity index (χ4n) is 3.37. The average molecular weight is 404 g/mol. The number of halogens is 1. The molecule has 0 amide bonds. The third kappa shape index (κ3) is 5.56. The lowest BCUT2D eigenvalue weighted by Crippen LogP contribution is -2.40. The van der Waals surface area contributed by atoms with E-state index in [1.54, 1.807) is 0 Å². The Morgan fingerprint density at radius 3 is 2.36 bits per heavy atom. The lowest BCUT2D eigenvalue weighted by molar-refractivity contribution is 0.0331. The van der Waals surface area contributed by atoms with Crippen LogP contribution >= 0.6 is 15.9 Å². The Kier molecular flexibility index (Phi) is 6.91. The first-order valence-electron chi connectivity index (χ1n) is 9.11. The Morgan fingerprint density at radius 1 is 1.00 bits per heavy atom. The molecule has 2 aromatic rings. The normalized spacial score (nSPS) is 17.8. The number of rotatable bonds is 7. The van der Waals surface area contributed by atoms with Gasteiger partial charge in [0.15, 0.2) is 6.10 Å². The Hall–Kier alpha value is -1.36. The summed E-state index contributed by atoms with van der Waals surface area (Å²) in [6, 6.07) is 18.2. The van der Waals surface area contributed by atoms with Gasteiger partial charge in [0.05, 0.1) is 0 Å². The van der Waals surface area contributed by atoms with Crippen molar-refractivity contribution >= 4 is 15.9 Å². The van der Waals surface area contributed by atoms with Crippen molar-refractivity contribution in [3.63, 3.8) is 0 Å². The fourth-order valence-corrected chi connectivity index (χ4v) is 3.64. The molecule has 0 spiro atoms. The Bertz CT molecular complexity index is 626. The van der Waals surface area contributed by atoms with Crippen molar-refractivity contribution in [3.05, 3.63) is 64.6 Å². The molecule has 4 heteroatoms. The lowest BCUT2D eigenvalue weighted by atomic mass is 9.95. The Morgan fingerprint density at radius 2 is 1.68 bits per heavy atom. The van der Waals surface area contributed by atoms with E-state index in [0.717, 1.165) is 15.8 Å². The summed E-state index contributed by atoms with van der Waals surface area (Å²) in [5.74, 6) is 0.758. The van der Waals surface area contributed by atoms with Gasteiger partial charge in [-0.3, -0.25) is 0 Å². The zero-order chi connectivity index (χ0) is 17.5. The molecular formula is C21H26BrNO2. The summed E-state index contributed by atoms with van der Waals surface area (Å²) in [7, 11) is 0. The van der Waals surface area contributed by atoms with Crippen molar-refractivity contribution in [3.8, 4) is 5.75 Å². The van der Waals surface area contributed by atoms with Gasteiger partial charge < -0.3 is 15.2 Å². The van der Waals surface area contributed by atoms with E-state index < -0.39 is 12.2 Å². The first kappa shape index (κ1) is 18.4. The van der Waals surface area contributed by atoms with Crippen molar-refractivity contribution in [1.82, 2.24) is 5.32 Å². The second-order valence-corrected chi connectivity index (χ2v) is 7.63. The molecule has 0 saturated heterocycles. The van der Waals surface area contributed by atoms with Gasteiger partial charge in [0, 0.05) is 17.1 Å². The minimum absolute atomic E-state index is 0.390. The molecule has 0 radical (unpaired) electrons. The second-order valence-electron chi connectivity index (χ2n) is 6.71. The summed E-state index contributed by atoms with van der Waals surface area (Å²) in [6.45, 7) is 0.542. The smallest absolute Gasteiger partial charge is 0.151 e. The van der Waals surface area contributed by atoms with Crippen LogP contribution in [0.15, 0.2) is 59.1 Å². The van der Waals surface area contributed by atoms with E-state index in [1.165, 1.54) is 32.1 Å². The zero-order valence-corrected chi connectivity index (χ0v) is 16.0. The molecule has 2 N–H and O–H groups in total. The van der Waals surface area contributed by atoms with Crippen LogP contribution in [0.4, 0.5) is 0 Å². The average Bonchev–Trinajstić information content (AvgIpc) is 2.67. The van der Waals surface area contributed by atoms with Crippen LogP contribution in [0.5, 0.6) is 5.75 Å². The van der Waals surface area contributed by atoms with Crippen LogP contribution in [0.3, 0.4) is 0 Å². The summed E-state index contributed by atoms with van der Waals surface area (Å²) in [6.07, 6.45) is 5.31. The molecule has 0 aliphatic heterocycles. The van der Waals surface area contributed by atoms with Crippen molar-refractivity contribution < 1.29 is 9.84 Å². The van der Waals surface area contributed by atoms with E-state index in [1.807, 2.05) is 54.6 Å². The van der Waals surface area contributed by atoms with Gasteiger partial charge in [-0.15, -0.1) is 0 Å². The molecule has 134 valence electrons. The van der Waals surface area contributed by atoms with Crippen LogP contribution in [-0.4, -0.2) is 23.8 Å². The molecule has 2 aromatic carbocycles. The number of benzene rings is 2. The Balaban J connectivity index is 1.67. The maximum atomic E-state index is 10.8. The third-order valence-electron chi connectivity index (χ3n) is 4.78. The van der Waals surface area contributed by atoms with E-state index in [0.29, 0.717) is 12.6 Å². The molecular weight excluding hydrogens is 378 g/mol. The zero-order valence-electron chi connectivity index (χ0n) is 14.4. The summed E-state index contributed by atoms with van der Waals surface area (Å²) in [4.78, 5) is 0. The third-order valence-corrected chi connectivity index (χ3v) is 5.30. The molecule has 25 heavy (non-hydrogen) atoms. The summed E-state index contributed by atoms with van der Waals surface area (Å²) < 4.78 is 7.16. The van der Waals surface area contributed by atoms with Crippen molar-refractivity contribution in [2.24, 2.45) is 0 Å². The molecule has 1 fully saturated rings. The van der Waals surface area contributed by atoms with Gasteiger partial charge in [-0.1, -0.05) is 65.5 Å². The molecule has 0 aromatic heterocycles. The predicted octanol–water partition coefficient (Wildman–Crippen LogP) is 4.85. The molecule has 3 nitrogen and oxygen atoms in total. The van der Waals surface area contributed by atoms with Crippen LogP contribution in [0.1, 0.15) is 43.8 Å². The summed E-state index contributed by atoms with van der Waals surface area (Å²) in [5, 5.41) is 14.3. The molecule has 0 unspecified atom stereocenters. The molecule has 3 rings (SSSR count). The van der Waals surface area contributed by atoms with Crippen LogP contribution in [-0.2, 0) is 0 Å². The molecule has 1 aliphatic carbocycles. The largest absolute Gasteiger partial charge is 0.483 e. The summed E-state index contributed by atoms with van der Waals surface area (Å²) >= 11 is 3.44. The molecule has 1 saturated carbocycles. The highest BCUT2D eigenvalue weighted by molar-refractivity contribution is 9.10. The van der Waals surface area contributed by atoms with E-state index in [-0.39, 0.29) is 0 Å². The maximum Gasteiger partial charge on any atom is 0.151 e. The summed E-state index contributed by atoms with van der Waals surface area (Å²) in [5.41, 5.74) is 0.989. The van der Waals surface area contributed by atoms with Gasteiger partial charge in [-0.2, -0.15) is 0 Å². The number of hydrogen-bond donors (Lipinski definition) is 2. The molecule has 0 bridgehead atoms. The number of hydrogen-bond acceptors (Lipinski definition) is 3. The van der Waals surface area contributed by atoms with Gasteiger partial charge in [0.1, 0.15) is 11.9 Å². The maximum absolute atomic E-state index is 10.8. The highest BCUT2D eigenvalue weighted by Crippen LogP contribution is 2.26. The quantitative estimate of drug-likeness (QED) is 0.693. The van der Waals surface area contributed by atoms with Crippen LogP contribution < -0.4 is 10.1 Å². The topological polar surface area (TPSA) is 41.5 Å². The SMILES string of the molecule is O[C@H](CNC1CCCCC1)[C@H](Oc1ccc(Br)cc1)c1ccccc1. The van der Waals surface area contributed by atoms with Crippen LogP contribution in [0.25, 0.3) is 0 Å². The van der Waals surface area contributed by atoms with Gasteiger partial charge in [0.2, 0.25) is 0 Å². The second kappa shape index (κ2) is 9.37. The van der Waals surface area contributed by atoms with E-state index in [2.05, 4.69) is 21.2 Å². The molecule has 1 aliphatic rings. The van der Waals surface area contributed by atoms with Gasteiger partial charge in [0.25, 0.3) is 0 Å². The minimum atomic E-state index is -0.604. The number of aliphatic hydroxyl groups is 1. The lowest BCUT2D eigenvalue weighted by Gasteiger charge is -2.28. The highest BCUT2D eigenvalue weighted by Gasteiger charge is 2.24. The van der Waals surface area contributed by atoms with Crippen molar-refractivity contribution in [2.75, 3.05) is 6.54 Å². The van der Waals surface area contributed by atoms with Crippen LogP contribution in [0.2, 0.25) is 0 Å². The monoisotopic (exact) mass is 403 g/mol. The molecule has 0 heterocycles. The van der Waals surface area contributed by atoms with Gasteiger partial charge >= 0.3 is 0 Å². The number of nitrogens with one attached hydrogen (secondary N) is 1. The minimum Gasteiger partial charge on any atom is -0.483 e. The first-order valence-corrected chi connectivity index (χ1v) is 9.90. The van der Waals surface area contributed by atoms with Crippen LogP contribution in [0, 0.1) is 0 Å². The van der Waals surface area contributed by atoms with E-state index >= 15 is 0 Å². The first-order chi connectivity index (χ1) is 12.2. The van der Waals surface area contributed by atoms with E-state index in [4.69, 9.17) is 4.74 Å². The van der Waals surface area contributed by atoms with Crippen molar-refractivity contribution in [1.29, 1.82) is 0 Å². The van der Waals surface area contributed by atoms with Gasteiger partial charge in [-0.05, 0) is 42.7 Å². The van der Waals surface area contributed by atoms with Gasteiger partial charge in [-0.25, -0.2) is 0 Å². The number of ether oxygens (including phenoxy) is 1. The van der Waals surface area contributed by atoms with E-state index in [9.17, 15) is 5.11 Å². The predicted molar refractivity (Wildman–Crippen MR) is 105 cm³/mol. The van der Waals surface area contributed by atoms with Crippen molar-refractivity contribution in [2.45, 2.75) is 50.4 Å². The number of aliphatic hydroxyl groups excluding tert-OH is 1. The Labute approximate surface area is 158 Å². The highest BCUT2D eigenvalue weighted by atomic mass is 79.9. The standard InChI is InChI=1S/C21H26BrNO2/c22-17-11-13-19(14-12-17)25-21(16-7-3-1-4-8-16)20(24)15-23-18-9-5-2-6-10-18/h1,3-4,7-8,11-14,18,20-21,23-24H,2,5-6,9-10,15H2/t20-,21-/m1/s1.